The summed E-state index contributed by atoms with van der Waals surface area (Å²) in [6.45, 7) is 2.97. The number of esters is 1. The molecule has 9 heteroatoms. The average molecular weight is 466 g/mol. The van der Waals surface area contributed by atoms with Crippen LogP contribution in [0.4, 0.5) is 5.82 Å². The largest absolute Gasteiger partial charge is 0.496 e. The topological polar surface area (TPSA) is 123 Å². The molecule has 2 N–H and O–H groups in total. The van der Waals surface area contributed by atoms with E-state index in [0.717, 1.165) is 15.7 Å². The molecule has 0 aliphatic rings. The van der Waals surface area contributed by atoms with E-state index in [9.17, 15) is 19.2 Å². The van der Waals surface area contributed by atoms with Gasteiger partial charge in [-0.05, 0) is 36.6 Å². The Hall–Kier alpha value is -4.14. The van der Waals surface area contributed by atoms with Gasteiger partial charge in [0.15, 0.2) is 6.61 Å². The minimum absolute atomic E-state index is 0.0576. The summed E-state index contributed by atoms with van der Waals surface area (Å²) in [5.41, 5.74) is 6.66. The number of hydrogen-bond acceptors (Lipinski definition) is 7. The first kappa shape index (κ1) is 24.5. The molecule has 178 valence electrons. The van der Waals surface area contributed by atoms with Crippen molar-refractivity contribution in [2.45, 2.75) is 33.4 Å². The zero-order valence-corrected chi connectivity index (χ0v) is 19.4. The Morgan fingerprint density at radius 2 is 1.71 bits per heavy atom. The van der Waals surface area contributed by atoms with E-state index in [4.69, 9.17) is 15.2 Å². The fourth-order valence-corrected chi connectivity index (χ4v) is 3.59. The molecule has 34 heavy (non-hydrogen) atoms. The molecule has 1 heterocycles. The number of benzene rings is 2. The van der Waals surface area contributed by atoms with Gasteiger partial charge in [0.25, 0.3) is 5.56 Å². The second kappa shape index (κ2) is 10.7. The Kier molecular flexibility index (Phi) is 7.68. The molecule has 0 amide bonds. The number of anilines is 1. The first-order valence-electron chi connectivity index (χ1n) is 10.8. The lowest BCUT2D eigenvalue weighted by molar-refractivity contribution is -0.141. The highest BCUT2D eigenvalue weighted by Gasteiger charge is 2.23. The van der Waals surface area contributed by atoms with Crippen LogP contribution in [-0.4, -0.2) is 34.6 Å². The number of nitrogens with zero attached hydrogens (tertiary/aromatic N) is 2. The third kappa shape index (κ3) is 5.25. The fraction of sp³-hybridized carbons (Fsp3) is 0.280. The minimum atomic E-state index is -0.807. The van der Waals surface area contributed by atoms with Gasteiger partial charge in [0.2, 0.25) is 5.78 Å². The van der Waals surface area contributed by atoms with E-state index in [0.29, 0.717) is 11.3 Å². The first-order chi connectivity index (χ1) is 16.3. The van der Waals surface area contributed by atoms with Gasteiger partial charge in [0.05, 0.1) is 20.1 Å². The lowest BCUT2D eigenvalue weighted by atomic mass is 10.1. The first-order valence-corrected chi connectivity index (χ1v) is 10.8. The summed E-state index contributed by atoms with van der Waals surface area (Å²) >= 11 is 0. The smallest absolute Gasteiger partial charge is 0.332 e. The quantitative estimate of drug-likeness (QED) is 0.378. The summed E-state index contributed by atoms with van der Waals surface area (Å²) in [6, 6.07) is 14.3. The van der Waals surface area contributed by atoms with E-state index >= 15 is 0 Å². The number of aromatic nitrogens is 2. The Bertz CT molecular complexity index is 1320. The molecule has 0 unspecified atom stereocenters. The van der Waals surface area contributed by atoms with E-state index in [1.54, 1.807) is 31.2 Å². The molecule has 0 fully saturated rings. The summed E-state index contributed by atoms with van der Waals surface area (Å²) in [4.78, 5) is 50.8. The molecule has 3 aromatic rings. The number of rotatable bonds is 9. The summed E-state index contributed by atoms with van der Waals surface area (Å²) < 4.78 is 12.5. The summed E-state index contributed by atoms with van der Waals surface area (Å²) in [6.07, 6.45) is -0.0773. The van der Waals surface area contributed by atoms with Gasteiger partial charge in [-0.2, -0.15) is 0 Å². The van der Waals surface area contributed by atoms with Gasteiger partial charge in [-0.15, -0.1) is 0 Å². The van der Waals surface area contributed by atoms with E-state index in [1.807, 2.05) is 31.2 Å². The third-order valence-corrected chi connectivity index (χ3v) is 5.43. The van der Waals surface area contributed by atoms with Crippen LogP contribution in [0.3, 0.4) is 0 Å². The number of Topliss-reactive ketones (excluding diaryl/α,β-unsaturated/α-hetero) is 1. The molecular weight excluding hydrogens is 438 g/mol. The minimum Gasteiger partial charge on any atom is -0.496 e. The number of nitrogen functional groups attached to an aromatic ring is 1. The van der Waals surface area contributed by atoms with Crippen molar-refractivity contribution in [3.63, 3.8) is 0 Å². The second-order valence-electron chi connectivity index (χ2n) is 7.73. The van der Waals surface area contributed by atoms with Crippen molar-refractivity contribution in [1.82, 2.24) is 9.13 Å². The standard InChI is InChI=1S/C25H27N3O6/c1-4-27-24(31)22(23(26)28(25(27)32)14-17-8-6-5-7-9-17)19(29)15-34-21(30)13-18-11-10-16(2)20(12-18)33-3/h5-12H,4,13-15,26H2,1-3H3. The maximum atomic E-state index is 12.9. The van der Waals surface area contributed by atoms with Crippen LogP contribution in [0.1, 0.15) is 34.0 Å². The molecule has 3 rings (SSSR count). The number of hydrogen-bond donors (Lipinski definition) is 1. The van der Waals surface area contributed by atoms with E-state index < -0.39 is 29.6 Å². The molecule has 0 saturated heterocycles. The maximum absolute atomic E-state index is 12.9. The zero-order chi connectivity index (χ0) is 24.8. The molecule has 0 aliphatic carbocycles. The Morgan fingerprint density at radius 3 is 2.35 bits per heavy atom. The summed E-state index contributed by atoms with van der Waals surface area (Å²) in [7, 11) is 1.54. The normalized spacial score (nSPS) is 10.7. The molecule has 2 aromatic carbocycles. The van der Waals surface area contributed by atoms with Crippen LogP contribution in [0.2, 0.25) is 0 Å². The van der Waals surface area contributed by atoms with Crippen molar-refractivity contribution >= 4 is 17.6 Å². The molecule has 0 atom stereocenters. The highest BCUT2D eigenvalue weighted by atomic mass is 16.5. The average Bonchev–Trinajstić information content (AvgIpc) is 2.82. The summed E-state index contributed by atoms with van der Waals surface area (Å²) in [5, 5.41) is 0. The molecule has 1 aromatic heterocycles. The van der Waals surface area contributed by atoms with Crippen LogP contribution in [0.25, 0.3) is 0 Å². The number of carbonyl (C=O) groups excluding carboxylic acids is 2. The highest BCUT2D eigenvalue weighted by molar-refractivity contribution is 6.01. The molecule has 0 radical (unpaired) electrons. The monoisotopic (exact) mass is 465 g/mol. The van der Waals surface area contributed by atoms with Crippen LogP contribution < -0.4 is 21.7 Å². The van der Waals surface area contributed by atoms with Crippen molar-refractivity contribution in [2.75, 3.05) is 19.5 Å². The fourth-order valence-electron chi connectivity index (χ4n) is 3.59. The number of ether oxygens (including phenoxy) is 2. The van der Waals surface area contributed by atoms with Crippen molar-refractivity contribution in [1.29, 1.82) is 0 Å². The van der Waals surface area contributed by atoms with Crippen molar-refractivity contribution < 1.29 is 19.1 Å². The van der Waals surface area contributed by atoms with E-state index in [2.05, 4.69) is 0 Å². The lowest BCUT2D eigenvalue weighted by Crippen LogP contribution is -2.44. The van der Waals surface area contributed by atoms with Gasteiger partial charge in [-0.1, -0.05) is 42.5 Å². The van der Waals surface area contributed by atoms with Gasteiger partial charge >= 0.3 is 11.7 Å². The van der Waals surface area contributed by atoms with E-state index in [1.165, 1.54) is 11.7 Å². The van der Waals surface area contributed by atoms with Gasteiger partial charge in [0, 0.05) is 6.54 Å². The molecule has 0 spiro atoms. The highest BCUT2D eigenvalue weighted by Crippen LogP contribution is 2.19. The number of methoxy groups -OCH3 is 1. The van der Waals surface area contributed by atoms with Gasteiger partial charge < -0.3 is 15.2 Å². The van der Waals surface area contributed by atoms with Crippen molar-refractivity contribution in [2.24, 2.45) is 0 Å². The number of ketones is 1. The zero-order valence-electron chi connectivity index (χ0n) is 19.4. The Morgan fingerprint density at radius 1 is 1.00 bits per heavy atom. The van der Waals surface area contributed by atoms with Crippen LogP contribution in [0.5, 0.6) is 5.75 Å². The molecule has 0 bridgehead atoms. The molecule has 9 nitrogen and oxygen atoms in total. The van der Waals surface area contributed by atoms with Crippen LogP contribution in [-0.2, 0) is 29.0 Å². The molecule has 0 aliphatic heterocycles. The predicted octanol–water partition coefficient (Wildman–Crippen LogP) is 1.95. The van der Waals surface area contributed by atoms with Crippen molar-refractivity contribution in [3.05, 3.63) is 91.6 Å². The van der Waals surface area contributed by atoms with Crippen LogP contribution >= 0.6 is 0 Å². The second-order valence-corrected chi connectivity index (χ2v) is 7.73. The SMILES string of the molecule is CCn1c(=O)c(C(=O)COC(=O)Cc2ccc(C)c(OC)c2)c(N)n(Cc2ccccc2)c1=O. The van der Waals surface area contributed by atoms with Gasteiger partial charge in [-0.3, -0.25) is 23.5 Å². The number of aryl methyl sites for hydroxylation is 1. The molecule has 0 saturated carbocycles. The van der Waals surface area contributed by atoms with Crippen LogP contribution in [0.15, 0.2) is 58.1 Å². The predicted molar refractivity (Wildman–Crippen MR) is 127 cm³/mol. The Balaban J connectivity index is 1.82. The van der Waals surface area contributed by atoms with Gasteiger partial charge in [-0.25, -0.2) is 4.79 Å². The van der Waals surface area contributed by atoms with Gasteiger partial charge in [0.1, 0.15) is 17.1 Å². The van der Waals surface area contributed by atoms with Crippen molar-refractivity contribution in [3.8, 4) is 5.75 Å². The summed E-state index contributed by atoms with van der Waals surface area (Å²) in [5.74, 6) is -1.05. The molecular formula is C25H27N3O6. The van der Waals surface area contributed by atoms with E-state index in [-0.39, 0.29) is 30.9 Å². The lowest BCUT2D eigenvalue weighted by Gasteiger charge is -2.16. The number of nitrogens with two attached hydrogens (primary N) is 1. The Labute approximate surface area is 196 Å². The maximum Gasteiger partial charge on any atom is 0.332 e. The number of carbonyl (C=O) groups is 2. The van der Waals surface area contributed by atoms with Crippen LogP contribution in [0, 0.1) is 6.92 Å². The third-order valence-electron chi connectivity index (χ3n) is 5.43.